The Kier molecular flexibility index (Phi) is 8.54. The van der Waals surface area contributed by atoms with E-state index < -0.39 is 11.7 Å². The number of aromatic nitrogens is 1. The molecule has 210 valence electrons. The Labute approximate surface area is 230 Å². The number of ether oxygens (including phenoxy) is 4. The first-order valence-electron chi connectivity index (χ1n) is 13.6. The minimum atomic E-state index is -0.597. The first-order chi connectivity index (χ1) is 18.6. The number of nitrogens with zero attached hydrogens (tertiary/aromatic N) is 2. The molecule has 0 radical (unpaired) electrons. The maximum Gasteiger partial charge on any atom is 0.419 e. The highest BCUT2D eigenvalue weighted by Gasteiger charge is 2.29. The molecule has 39 heavy (non-hydrogen) atoms. The van der Waals surface area contributed by atoms with E-state index in [-0.39, 0.29) is 12.0 Å². The second kappa shape index (κ2) is 11.7. The number of carbonyl (C=O) groups is 2. The molecule has 1 atom stereocenters. The summed E-state index contributed by atoms with van der Waals surface area (Å²) in [6.45, 7) is 11.2. The fourth-order valence-electron chi connectivity index (χ4n) is 5.43. The lowest BCUT2D eigenvalue weighted by Crippen LogP contribution is -2.33. The predicted molar refractivity (Wildman–Crippen MR) is 151 cm³/mol. The van der Waals surface area contributed by atoms with Gasteiger partial charge in [0.2, 0.25) is 0 Å². The number of hydrogen-bond acceptors (Lipinski definition) is 7. The van der Waals surface area contributed by atoms with Gasteiger partial charge in [-0.15, -0.1) is 0 Å². The predicted octanol–water partition coefficient (Wildman–Crippen LogP) is 6.65. The highest BCUT2D eigenvalue weighted by atomic mass is 16.6. The zero-order valence-corrected chi connectivity index (χ0v) is 24.1. The molecule has 0 aliphatic carbocycles. The van der Waals surface area contributed by atoms with Crippen LogP contribution in [0.15, 0.2) is 36.5 Å². The minimum Gasteiger partial charge on any atom is -0.496 e. The van der Waals surface area contributed by atoms with Crippen LogP contribution in [0.3, 0.4) is 0 Å². The molecule has 1 fully saturated rings. The fraction of sp³-hybridized carbons (Fsp3) is 0.484. The number of rotatable bonds is 7. The van der Waals surface area contributed by atoms with Crippen molar-refractivity contribution in [2.75, 3.05) is 27.4 Å². The average molecular weight is 537 g/mol. The van der Waals surface area contributed by atoms with E-state index in [0.717, 1.165) is 59.2 Å². The van der Waals surface area contributed by atoms with E-state index in [1.807, 2.05) is 52.0 Å². The summed E-state index contributed by atoms with van der Waals surface area (Å²) in [5.41, 5.74) is 3.70. The van der Waals surface area contributed by atoms with E-state index in [2.05, 4.69) is 4.90 Å². The molecule has 1 aromatic heterocycles. The van der Waals surface area contributed by atoms with Gasteiger partial charge in [0.05, 0.1) is 31.9 Å². The molecule has 0 N–H and O–H groups in total. The lowest BCUT2D eigenvalue weighted by Gasteiger charge is -2.37. The van der Waals surface area contributed by atoms with Crippen molar-refractivity contribution in [3.05, 3.63) is 58.8 Å². The molecule has 0 spiro atoms. The van der Waals surface area contributed by atoms with Crippen LogP contribution in [0.1, 0.15) is 80.0 Å². The highest BCUT2D eigenvalue weighted by Crippen LogP contribution is 2.40. The van der Waals surface area contributed by atoms with Crippen LogP contribution in [0.4, 0.5) is 4.79 Å². The van der Waals surface area contributed by atoms with Gasteiger partial charge in [-0.25, -0.2) is 9.59 Å². The van der Waals surface area contributed by atoms with Gasteiger partial charge < -0.3 is 18.9 Å². The molecule has 8 nitrogen and oxygen atoms in total. The summed E-state index contributed by atoms with van der Waals surface area (Å²) in [4.78, 5) is 27.8. The number of benzene rings is 2. The molecule has 0 bridgehead atoms. The van der Waals surface area contributed by atoms with Gasteiger partial charge in [-0.3, -0.25) is 9.47 Å². The van der Waals surface area contributed by atoms with E-state index >= 15 is 0 Å². The Morgan fingerprint density at radius 1 is 1.03 bits per heavy atom. The molecule has 2 aromatic carbocycles. The Hall–Kier alpha value is -3.52. The van der Waals surface area contributed by atoms with Crippen LogP contribution >= 0.6 is 0 Å². The quantitative estimate of drug-likeness (QED) is 0.313. The standard InChI is InChI=1S/C31H40N2O6/c1-8-38-29(34)21-12-13-23(27(18-21)37-7)25-11-9-10-15-32(25)19-24-22-14-16-33(30(35)39-31(3,4)5)28(22)20(2)17-26(24)36-6/h12-14,16-18,25H,8-11,15,19H2,1-7H3/t25-/m0/s1. The van der Waals surface area contributed by atoms with Crippen molar-refractivity contribution in [2.24, 2.45) is 0 Å². The fourth-order valence-corrected chi connectivity index (χ4v) is 5.43. The van der Waals surface area contributed by atoms with E-state index in [1.165, 1.54) is 0 Å². The number of piperidine rings is 1. The molecule has 0 amide bonds. The van der Waals surface area contributed by atoms with Gasteiger partial charge in [-0.05, 0) is 83.8 Å². The molecule has 2 heterocycles. The normalized spacial score (nSPS) is 16.2. The van der Waals surface area contributed by atoms with Gasteiger partial charge in [-0.1, -0.05) is 12.5 Å². The van der Waals surface area contributed by atoms with Crippen molar-refractivity contribution in [1.29, 1.82) is 0 Å². The largest absolute Gasteiger partial charge is 0.496 e. The number of aryl methyl sites for hydroxylation is 1. The third kappa shape index (κ3) is 6.06. The average Bonchev–Trinajstić information content (AvgIpc) is 3.35. The van der Waals surface area contributed by atoms with Crippen LogP contribution in [0, 0.1) is 6.92 Å². The highest BCUT2D eigenvalue weighted by molar-refractivity contribution is 5.95. The Morgan fingerprint density at radius 2 is 1.77 bits per heavy atom. The summed E-state index contributed by atoms with van der Waals surface area (Å²) in [5, 5.41) is 0.964. The van der Waals surface area contributed by atoms with Gasteiger partial charge >= 0.3 is 12.1 Å². The van der Waals surface area contributed by atoms with Crippen LogP contribution in [0.2, 0.25) is 0 Å². The number of esters is 1. The van der Waals surface area contributed by atoms with Gasteiger partial charge in [0.1, 0.15) is 17.1 Å². The van der Waals surface area contributed by atoms with Crippen LogP contribution in [-0.4, -0.2) is 54.5 Å². The zero-order valence-electron chi connectivity index (χ0n) is 24.1. The lowest BCUT2D eigenvalue weighted by molar-refractivity contribution is 0.0521. The maximum atomic E-state index is 13.0. The van der Waals surface area contributed by atoms with Gasteiger partial charge in [-0.2, -0.15) is 0 Å². The Bertz CT molecular complexity index is 1350. The van der Waals surface area contributed by atoms with Gasteiger partial charge in [0, 0.05) is 35.3 Å². The molecule has 0 saturated carbocycles. The first kappa shape index (κ1) is 28.5. The molecule has 4 rings (SSSR count). The van der Waals surface area contributed by atoms with Crippen molar-refractivity contribution in [3.63, 3.8) is 0 Å². The lowest BCUT2D eigenvalue weighted by atomic mass is 9.92. The Morgan fingerprint density at radius 3 is 2.44 bits per heavy atom. The third-order valence-electron chi connectivity index (χ3n) is 7.12. The van der Waals surface area contributed by atoms with Crippen LogP contribution < -0.4 is 9.47 Å². The van der Waals surface area contributed by atoms with E-state index in [1.54, 1.807) is 38.0 Å². The molecule has 0 unspecified atom stereocenters. The van der Waals surface area contributed by atoms with Crippen molar-refractivity contribution in [2.45, 2.75) is 72.1 Å². The number of methoxy groups -OCH3 is 2. The summed E-state index contributed by atoms with van der Waals surface area (Å²) in [7, 11) is 3.31. The summed E-state index contributed by atoms with van der Waals surface area (Å²) in [6, 6.07) is 9.62. The number of fused-ring (bicyclic) bond motifs is 1. The summed E-state index contributed by atoms with van der Waals surface area (Å²) in [5.74, 6) is 1.11. The second-order valence-corrected chi connectivity index (χ2v) is 11.0. The zero-order chi connectivity index (χ0) is 28.3. The van der Waals surface area contributed by atoms with E-state index in [0.29, 0.717) is 24.5 Å². The van der Waals surface area contributed by atoms with Gasteiger partial charge in [0.25, 0.3) is 0 Å². The summed E-state index contributed by atoms with van der Waals surface area (Å²) < 4.78 is 24.0. The van der Waals surface area contributed by atoms with Crippen molar-refractivity contribution < 1.29 is 28.5 Å². The van der Waals surface area contributed by atoms with Gasteiger partial charge in [0.15, 0.2) is 0 Å². The van der Waals surface area contributed by atoms with Crippen LogP contribution in [0.25, 0.3) is 10.9 Å². The number of hydrogen-bond donors (Lipinski definition) is 0. The van der Waals surface area contributed by atoms with Crippen molar-refractivity contribution in [1.82, 2.24) is 9.47 Å². The van der Waals surface area contributed by atoms with E-state index in [4.69, 9.17) is 18.9 Å². The molecule has 1 aliphatic heterocycles. The maximum absolute atomic E-state index is 13.0. The summed E-state index contributed by atoms with van der Waals surface area (Å²) >= 11 is 0. The SMILES string of the molecule is CCOC(=O)c1ccc([C@@H]2CCCCN2Cc2c(OC)cc(C)c3c2ccn3C(=O)OC(C)(C)C)c(OC)c1. The molecule has 3 aromatic rings. The molecular weight excluding hydrogens is 496 g/mol. The molecule has 1 saturated heterocycles. The van der Waals surface area contributed by atoms with Crippen molar-refractivity contribution in [3.8, 4) is 11.5 Å². The van der Waals surface area contributed by atoms with Crippen molar-refractivity contribution >= 4 is 23.0 Å². The number of likely N-dealkylation sites (tertiary alicyclic amines) is 1. The van der Waals surface area contributed by atoms with Crippen LogP contribution in [-0.2, 0) is 16.0 Å². The topological polar surface area (TPSA) is 79.2 Å². The third-order valence-corrected chi connectivity index (χ3v) is 7.12. The number of carbonyl (C=O) groups excluding carboxylic acids is 2. The minimum absolute atomic E-state index is 0.0962. The molecule has 1 aliphatic rings. The smallest absolute Gasteiger partial charge is 0.419 e. The molecular formula is C31H40N2O6. The Balaban J connectivity index is 1.73. The van der Waals surface area contributed by atoms with E-state index in [9.17, 15) is 9.59 Å². The monoisotopic (exact) mass is 536 g/mol. The summed E-state index contributed by atoms with van der Waals surface area (Å²) in [6.07, 6.45) is 4.51. The van der Waals surface area contributed by atoms with Crippen LogP contribution in [0.5, 0.6) is 11.5 Å². The second-order valence-electron chi connectivity index (χ2n) is 11.0. The molecule has 8 heteroatoms. The first-order valence-corrected chi connectivity index (χ1v) is 13.6.